The summed E-state index contributed by atoms with van der Waals surface area (Å²) in [7, 11) is 1.47. The summed E-state index contributed by atoms with van der Waals surface area (Å²) >= 11 is 13.8. The average Bonchev–Trinajstić information content (AvgIpc) is 3.20. The first-order chi connectivity index (χ1) is 17.7. The minimum absolute atomic E-state index is 0.229. The van der Waals surface area contributed by atoms with Crippen LogP contribution in [0.2, 0.25) is 10.0 Å². The Hall–Kier alpha value is -3.46. The molecule has 37 heavy (non-hydrogen) atoms. The van der Waals surface area contributed by atoms with Gasteiger partial charge in [0.1, 0.15) is 0 Å². The van der Waals surface area contributed by atoms with Crippen molar-refractivity contribution < 1.29 is 19.1 Å². The van der Waals surface area contributed by atoms with E-state index in [2.05, 4.69) is 15.6 Å². The van der Waals surface area contributed by atoms with E-state index in [0.717, 1.165) is 11.1 Å². The molecule has 1 fully saturated rings. The second-order valence-electron chi connectivity index (χ2n) is 8.10. The van der Waals surface area contributed by atoms with Crippen LogP contribution >= 0.6 is 35.0 Å². The number of anilines is 1. The molecule has 1 aliphatic heterocycles. The fourth-order valence-electron chi connectivity index (χ4n) is 3.39. The quantitative estimate of drug-likeness (QED) is 0.323. The van der Waals surface area contributed by atoms with Crippen LogP contribution in [0.3, 0.4) is 0 Å². The van der Waals surface area contributed by atoms with E-state index in [4.69, 9.17) is 32.7 Å². The first kappa shape index (κ1) is 26.6. The smallest absolute Gasteiger partial charge is 0.264 e. The molecule has 190 valence electrons. The van der Waals surface area contributed by atoms with Gasteiger partial charge in [-0.3, -0.25) is 9.59 Å². The minimum atomic E-state index is -0.339. The summed E-state index contributed by atoms with van der Waals surface area (Å²) < 4.78 is 11.1. The Morgan fingerprint density at radius 2 is 1.86 bits per heavy atom. The van der Waals surface area contributed by atoms with Crippen LogP contribution in [0, 0.1) is 13.8 Å². The highest BCUT2D eigenvalue weighted by molar-refractivity contribution is 8.18. The minimum Gasteiger partial charge on any atom is -0.493 e. The zero-order chi connectivity index (χ0) is 26.5. The molecule has 3 aromatic carbocycles. The van der Waals surface area contributed by atoms with Crippen LogP contribution in [-0.2, 0) is 9.59 Å². The number of halogens is 2. The molecule has 0 spiro atoms. The summed E-state index contributed by atoms with van der Waals surface area (Å²) in [5.41, 5.74) is 3.88. The molecule has 1 saturated heterocycles. The van der Waals surface area contributed by atoms with Crippen LogP contribution in [0.25, 0.3) is 6.08 Å². The van der Waals surface area contributed by atoms with Gasteiger partial charge >= 0.3 is 0 Å². The summed E-state index contributed by atoms with van der Waals surface area (Å²) in [5, 5.41) is 6.81. The predicted molar refractivity (Wildman–Crippen MR) is 150 cm³/mol. The number of amides is 2. The van der Waals surface area contributed by atoms with Crippen molar-refractivity contribution >= 4 is 69.4 Å². The number of benzene rings is 3. The highest BCUT2D eigenvalue weighted by atomic mass is 35.5. The van der Waals surface area contributed by atoms with Crippen molar-refractivity contribution in [3.05, 3.63) is 86.2 Å². The monoisotopic (exact) mass is 555 g/mol. The molecule has 2 N–H and O–H groups in total. The van der Waals surface area contributed by atoms with Gasteiger partial charge in [0.15, 0.2) is 23.3 Å². The van der Waals surface area contributed by atoms with Crippen LogP contribution in [-0.4, -0.2) is 30.7 Å². The molecule has 7 nitrogen and oxygen atoms in total. The van der Waals surface area contributed by atoms with Crippen molar-refractivity contribution in [3.63, 3.8) is 0 Å². The fraction of sp³-hybridized carbons (Fsp3) is 0.148. The second-order valence-corrected chi connectivity index (χ2v) is 9.95. The Morgan fingerprint density at radius 1 is 1.11 bits per heavy atom. The molecule has 0 saturated carbocycles. The van der Waals surface area contributed by atoms with Gasteiger partial charge in [0.25, 0.3) is 11.8 Å². The molecule has 1 aliphatic rings. The zero-order valence-electron chi connectivity index (χ0n) is 20.2. The van der Waals surface area contributed by atoms with Crippen molar-refractivity contribution in [2.24, 2.45) is 4.99 Å². The van der Waals surface area contributed by atoms with Gasteiger partial charge in [-0.1, -0.05) is 47.0 Å². The van der Waals surface area contributed by atoms with Crippen molar-refractivity contribution in [2.45, 2.75) is 13.8 Å². The molecule has 0 aliphatic carbocycles. The number of hydrogen-bond donors (Lipinski definition) is 2. The van der Waals surface area contributed by atoms with E-state index in [1.54, 1.807) is 30.3 Å². The van der Waals surface area contributed by atoms with Gasteiger partial charge in [0, 0.05) is 10.7 Å². The van der Waals surface area contributed by atoms with Gasteiger partial charge in [-0.25, -0.2) is 4.99 Å². The number of thioether (sulfide) groups is 1. The number of methoxy groups -OCH3 is 1. The number of carbonyl (C=O) groups excluding carboxylic acids is 2. The molecular formula is C27H23Cl2N3O4S. The van der Waals surface area contributed by atoms with Gasteiger partial charge in [-0.05, 0) is 79.2 Å². The lowest BCUT2D eigenvalue weighted by Gasteiger charge is -2.13. The molecule has 0 atom stereocenters. The standard InChI is InChI=1S/C27H23Cl2N3O4S/c1-15-7-9-18(10-8-15)30-24(33)14-36-25-20(29)11-17(12-22(25)35-3)13-23-26(34)32-27(37-23)31-21-6-4-5-19(28)16(21)2/h4-13H,14H2,1-3H3,(H,30,33)(H,31,32,34)/b23-13+. The molecule has 10 heteroatoms. The number of rotatable bonds is 7. The number of amidine groups is 1. The van der Waals surface area contributed by atoms with Crippen molar-refractivity contribution in [1.82, 2.24) is 5.32 Å². The Kier molecular flexibility index (Phi) is 8.43. The molecule has 3 aromatic rings. The summed E-state index contributed by atoms with van der Waals surface area (Å²) in [6.45, 7) is 3.57. The lowest BCUT2D eigenvalue weighted by atomic mass is 10.2. The Labute approximate surface area is 228 Å². The van der Waals surface area contributed by atoms with E-state index in [1.807, 2.05) is 44.2 Å². The third-order valence-corrected chi connectivity index (χ3v) is 6.94. The van der Waals surface area contributed by atoms with E-state index in [1.165, 1.54) is 18.9 Å². The van der Waals surface area contributed by atoms with E-state index in [9.17, 15) is 9.59 Å². The van der Waals surface area contributed by atoms with E-state index in [0.29, 0.717) is 37.8 Å². The maximum absolute atomic E-state index is 12.5. The van der Waals surface area contributed by atoms with E-state index < -0.39 is 0 Å². The molecule has 1 heterocycles. The summed E-state index contributed by atoms with van der Waals surface area (Å²) in [6, 6.07) is 16.2. The third kappa shape index (κ3) is 6.65. The summed E-state index contributed by atoms with van der Waals surface area (Å²) in [5.74, 6) is -0.0671. The zero-order valence-corrected chi connectivity index (χ0v) is 22.6. The number of nitrogens with zero attached hydrogens (tertiary/aromatic N) is 1. The van der Waals surface area contributed by atoms with Gasteiger partial charge in [-0.2, -0.15) is 0 Å². The predicted octanol–water partition coefficient (Wildman–Crippen LogP) is 6.53. The van der Waals surface area contributed by atoms with Crippen molar-refractivity contribution in [2.75, 3.05) is 19.0 Å². The summed E-state index contributed by atoms with van der Waals surface area (Å²) in [4.78, 5) is 29.8. The van der Waals surface area contributed by atoms with Gasteiger partial charge in [-0.15, -0.1) is 0 Å². The SMILES string of the molecule is COc1cc(/C=C2/SC(=Nc3cccc(Cl)c3C)NC2=O)cc(Cl)c1OCC(=O)Nc1ccc(C)cc1. The number of ether oxygens (including phenoxy) is 2. The molecule has 0 unspecified atom stereocenters. The lowest BCUT2D eigenvalue weighted by molar-refractivity contribution is -0.118. The maximum atomic E-state index is 12.5. The van der Waals surface area contributed by atoms with E-state index in [-0.39, 0.29) is 29.2 Å². The maximum Gasteiger partial charge on any atom is 0.264 e. The second kappa shape index (κ2) is 11.7. The Balaban J connectivity index is 1.47. The number of aliphatic imine (C=N–C) groups is 1. The molecule has 0 aromatic heterocycles. The summed E-state index contributed by atoms with van der Waals surface area (Å²) in [6.07, 6.45) is 1.68. The van der Waals surface area contributed by atoms with Gasteiger partial charge in [0.05, 0.1) is 22.7 Å². The number of carbonyl (C=O) groups is 2. The third-order valence-electron chi connectivity index (χ3n) is 5.34. The first-order valence-corrected chi connectivity index (χ1v) is 12.7. The lowest BCUT2D eigenvalue weighted by Crippen LogP contribution is -2.20. The highest BCUT2D eigenvalue weighted by Crippen LogP contribution is 2.38. The molecule has 4 rings (SSSR count). The molecule has 0 bridgehead atoms. The Morgan fingerprint density at radius 3 is 2.59 bits per heavy atom. The normalized spacial score (nSPS) is 15.1. The molecular weight excluding hydrogens is 533 g/mol. The highest BCUT2D eigenvalue weighted by Gasteiger charge is 2.24. The Bertz CT molecular complexity index is 1420. The van der Waals surface area contributed by atoms with Crippen LogP contribution < -0.4 is 20.1 Å². The first-order valence-electron chi connectivity index (χ1n) is 11.1. The van der Waals surface area contributed by atoms with Crippen molar-refractivity contribution in [1.29, 1.82) is 0 Å². The fourth-order valence-corrected chi connectivity index (χ4v) is 4.67. The van der Waals surface area contributed by atoms with Crippen LogP contribution in [0.15, 0.2) is 64.5 Å². The van der Waals surface area contributed by atoms with Crippen molar-refractivity contribution in [3.8, 4) is 11.5 Å². The molecule has 2 amide bonds. The largest absolute Gasteiger partial charge is 0.493 e. The van der Waals surface area contributed by atoms with Crippen LogP contribution in [0.5, 0.6) is 11.5 Å². The van der Waals surface area contributed by atoms with E-state index >= 15 is 0 Å². The number of nitrogens with one attached hydrogen (secondary N) is 2. The van der Waals surface area contributed by atoms with Crippen LogP contribution in [0.1, 0.15) is 16.7 Å². The number of hydrogen-bond acceptors (Lipinski definition) is 6. The van der Waals surface area contributed by atoms with Gasteiger partial charge in [0.2, 0.25) is 0 Å². The molecule has 0 radical (unpaired) electrons. The topological polar surface area (TPSA) is 89.0 Å². The van der Waals surface area contributed by atoms with Gasteiger partial charge < -0.3 is 20.1 Å². The average molecular weight is 556 g/mol. The number of aryl methyl sites for hydroxylation is 1. The van der Waals surface area contributed by atoms with Crippen LogP contribution in [0.4, 0.5) is 11.4 Å².